The maximum atomic E-state index is 12.8. The fraction of sp³-hybridized carbons (Fsp3) is 0.571. The van der Waals surface area contributed by atoms with Gasteiger partial charge in [-0.2, -0.15) is 4.31 Å². The second-order valence-electron chi connectivity index (χ2n) is 5.35. The van der Waals surface area contributed by atoms with Crippen molar-refractivity contribution in [1.82, 2.24) is 4.31 Å². The summed E-state index contributed by atoms with van der Waals surface area (Å²) in [6.07, 6.45) is 2.10. The van der Waals surface area contributed by atoms with Crippen LogP contribution in [-0.4, -0.2) is 38.0 Å². The van der Waals surface area contributed by atoms with Crippen molar-refractivity contribution >= 4 is 21.6 Å². The van der Waals surface area contributed by atoms with Crippen molar-refractivity contribution < 1.29 is 18.3 Å². The Labute approximate surface area is 130 Å². The SMILES string of the molecule is COc1c(CO)cc(Cl)cc1S(=O)(=O)N(C)C(C)C1CC1. The molecule has 1 aliphatic rings. The number of benzene rings is 1. The van der Waals surface area contributed by atoms with E-state index in [4.69, 9.17) is 16.3 Å². The number of aliphatic hydroxyl groups is 1. The molecule has 0 radical (unpaired) electrons. The maximum Gasteiger partial charge on any atom is 0.246 e. The second kappa shape index (κ2) is 6.12. The van der Waals surface area contributed by atoms with Crippen molar-refractivity contribution in [3.05, 3.63) is 22.7 Å². The Hall–Kier alpha value is -0.820. The summed E-state index contributed by atoms with van der Waals surface area (Å²) in [6.45, 7) is 1.56. The van der Waals surface area contributed by atoms with Crippen LogP contribution in [0.15, 0.2) is 17.0 Å². The third kappa shape index (κ3) is 3.18. The van der Waals surface area contributed by atoms with E-state index in [1.54, 1.807) is 7.05 Å². The largest absolute Gasteiger partial charge is 0.495 e. The number of rotatable bonds is 6. The topological polar surface area (TPSA) is 66.8 Å². The first-order chi connectivity index (χ1) is 9.82. The van der Waals surface area contributed by atoms with E-state index < -0.39 is 10.0 Å². The van der Waals surface area contributed by atoms with Gasteiger partial charge in [-0.05, 0) is 37.8 Å². The van der Waals surface area contributed by atoms with E-state index in [9.17, 15) is 13.5 Å². The van der Waals surface area contributed by atoms with Gasteiger partial charge in [-0.1, -0.05) is 11.6 Å². The number of hydrogen-bond acceptors (Lipinski definition) is 4. The van der Waals surface area contributed by atoms with Crippen LogP contribution >= 0.6 is 11.6 Å². The third-order valence-corrected chi connectivity index (χ3v) is 6.17. The van der Waals surface area contributed by atoms with Crippen molar-refractivity contribution in [2.24, 2.45) is 5.92 Å². The summed E-state index contributed by atoms with van der Waals surface area (Å²) in [5.74, 6) is 0.559. The fourth-order valence-corrected chi connectivity index (χ4v) is 4.36. The summed E-state index contributed by atoms with van der Waals surface area (Å²) in [6, 6.07) is 2.80. The molecule has 0 saturated heterocycles. The Kier molecular flexibility index (Phi) is 4.82. The molecule has 118 valence electrons. The predicted octanol–water partition coefficient (Wildman–Crippen LogP) is 2.26. The van der Waals surface area contributed by atoms with Crippen molar-refractivity contribution in [2.75, 3.05) is 14.2 Å². The third-order valence-electron chi connectivity index (χ3n) is 4.01. The van der Waals surface area contributed by atoms with Gasteiger partial charge < -0.3 is 9.84 Å². The molecule has 7 heteroatoms. The standard InChI is InChI=1S/C14H20ClNO4S/c1-9(10-4-5-10)16(2)21(18,19)13-7-12(15)6-11(8-17)14(13)20-3/h6-7,9-10,17H,4-5,8H2,1-3H3. The Morgan fingerprint density at radius 2 is 2.10 bits per heavy atom. The Balaban J connectivity index is 2.50. The molecular weight excluding hydrogens is 314 g/mol. The molecule has 0 aliphatic heterocycles. The summed E-state index contributed by atoms with van der Waals surface area (Å²) in [5, 5.41) is 9.62. The highest BCUT2D eigenvalue weighted by Crippen LogP contribution is 2.39. The maximum absolute atomic E-state index is 12.8. The number of nitrogens with zero attached hydrogens (tertiary/aromatic N) is 1. The lowest BCUT2D eigenvalue weighted by Crippen LogP contribution is -2.36. The van der Waals surface area contributed by atoms with Gasteiger partial charge in [-0.15, -0.1) is 0 Å². The fourth-order valence-electron chi connectivity index (χ4n) is 2.41. The first-order valence-corrected chi connectivity index (χ1v) is 8.60. The highest BCUT2D eigenvalue weighted by atomic mass is 35.5. The van der Waals surface area contributed by atoms with Gasteiger partial charge in [-0.3, -0.25) is 0 Å². The van der Waals surface area contributed by atoms with E-state index in [0.29, 0.717) is 11.5 Å². The second-order valence-corrected chi connectivity index (χ2v) is 7.76. The minimum absolute atomic E-state index is 0.00319. The molecule has 1 unspecified atom stereocenters. The summed E-state index contributed by atoms with van der Waals surface area (Å²) in [5.41, 5.74) is 0.357. The van der Waals surface area contributed by atoms with Crippen LogP contribution in [0.4, 0.5) is 0 Å². The summed E-state index contributed by atoms with van der Waals surface area (Å²) < 4.78 is 32.2. The van der Waals surface area contributed by atoms with Crippen LogP contribution in [-0.2, 0) is 16.6 Å². The molecular formula is C14H20ClNO4S. The van der Waals surface area contributed by atoms with Crippen LogP contribution in [0.5, 0.6) is 5.75 Å². The highest BCUT2D eigenvalue weighted by molar-refractivity contribution is 7.89. The van der Waals surface area contributed by atoms with Crippen LogP contribution < -0.4 is 4.74 Å². The quantitative estimate of drug-likeness (QED) is 0.867. The summed E-state index contributed by atoms with van der Waals surface area (Å²) in [7, 11) is -0.781. The van der Waals surface area contributed by atoms with Gasteiger partial charge in [0.1, 0.15) is 10.6 Å². The molecule has 1 fully saturated rings. The van der Waals surface area contributed by atoms with Crippen molar-refractivity contribution in [2.45, 2.75) is 37.3 Å². The first-order valence-electron chi connectivity index (χ1n) is 6.78. The molecule has 21 heavy (non-hydrogen) atoms. The Morgan fingerprint density at radius 1 is 1.48 bits per heavy atom. The number of aliphatic hydroxyl groups excluding tert-OH is 1. The summed E-state index contributed by atoms with van der Waals surface area (Å²) in [4.78, 5) is -0.00319. The molecule has 0 bridgehead atoms. The van der Waals surface area contributed by atoms with Gasteiger partial charge in [0.25, 0.3) is 0 Å². The molecule has 2 rings (SSSR count). The minimum atomic E-state index is -3.73. The molecule has 1 aromatic rings. The van der Waals surface area contributed by atoms with Crippen LogP contribution in [0.2, 0.25) is 5.02 Å². The lowest BCUT2D eigenvalue weighted by atomic mass is 10.2. The van der Waals surface area contributed by atoms with Gasteiger partial charge in [-0.25, -0.2) is 8.42 Å². The van der Waals surface area contributed by atoms with Crippen LogP contribution in [0.1, 0.15) is 25.3 Å². The van der Waals surface area contributed by atoms with E-state index in [0.717, 1.165) is 12.8 Å². The van der Waals surface area contributed by atoms with Crippen molar-refractivity contribution in [3.8, 4) is 5.75 Å². The molecule has 0 heterocycles. The van der Waals surface area contributed by atoms with E-state index in [1.807, 2.05) is 6.92 Å². The monoisotopic (exact) mass is 333 g/mol. The first kappa shape index (κ1) is 16.5. The molecule has 0 amide bonds. The van der Waals surface area contributed by atoms with Gasteiger partial charge in [0.2, 0.25) is 10.0 Å². The predicted molar refractivity (Wildman–Crippen MR) is 81.1 cm³/mol. The zero-order valence-electron chi connectivity index (χ0n) is 12.3. The number of methoxy groups -OCH3 is 1. The van der Waals surface area contributed by atoms with Gasteiger partial charge >= 0.3 is 0 Å². The van der Waals surface area contributed by atoms with E-state index >= 15 is 0 Å². The van der Waals surface area contributed by atoms with Crippen LogP contribution in [0, 0.1) is 5.92 Å². The lowest BCUT2D eigenvalue weighted by Gasteiger charge is -2.25. The van der Waals surface area contributed by atoms with Crippen LogP contribution in [0.25, 0.3) is 0 Å². The smallest absolute Gasteiger partial charge is 0.246 e. The van der Waals surface area contributed by atoms with Crippen LogP contribution in [0.3, 0.4) is 0 Å². The number of sulfonamides is 1. The van der Waals surface area contributed by atoms with E-state index in [1.165, 1.54) is 23.5 Å². The average Bonchev–Trinajstić information content (AvgIpc) is 3.29. The highest BCUT2D eigenvalue weighted by Gasteiger charge is 2.37. The molecule has 0 aromatic heterocycles. The Morgan fingerprint density at radius 3 is 2.57 bits per heavy atom. The van der Waals surface area contributed by atoms with E-state index in [2.05, 4.69) is 0 Å². The number of ether oxygens (including phenoxy) is 1. The average molecular weight is 334 g/mol. The summed E-state index contributed by atoms with van der Waals surface area (Å²) >= 11 is 5.97. The van der Waals surface area contributed by atoms with Crippen molar-refractivity contribution in [1.29, 1.82) is 0 Å². The molecule has 1 aliphatic carbocycles. The lowest BCUT2D eigenvalue weighted by molar-refractivity contribution is 0.272. The molecule has 1 N–H and O–H groups in total. The zero-order valence-corrected chi connectivity index (χ0v) is 13.9. The van der Waals surface area contributed by atoms with Crippen molar-refractivity contribution in [3.63, 3.8) is 0 Å². The van der Waals surface area contributed by atoms with E-state index in [-0.39, 0.29) is 28.3 Å². The van der Waals surface area contributed by atoms with Gasteiger partial charge in [0.05, 0.1) is 13.7 Å². The minimum Gasteiger partial charge on any atom is -0.495 e. The molecule has 1 atom stereocenters. The molecule has 1 aromatic carbocycles. The normalized spacial score (nSPS) is 17.0. The number of hydrogen-bond donors (Lipinski definition) is 1. The Bertz CT molecular complexity index is 628. The molecule has 1 saturated carbocycles. The number of halogens is 1. The molecule has 0 spiro atoms. The van der Waals surface area contributed by atoms with Gasteiger partial charge in [0.15, 0.2) is 0 Å². The van der Waals surface area contributed by atoms with Gasteiger partial charge in [0, 0.05) is 23.7 Å². The zero-order chi connectivity index (χ0) is 15.8. The molecule has 5 nitrogen and oxygen atoms in total.